The van der Waals surface area contributed by atoms with E-state index in [1.54, 1.807) is 0 Å². The summed E-state index contributed by atoms with van der Waals surface area (Å²) in [6, 6.07) is 31.7. The summed E-state index contributed by atoms with van der Waals surface area (Å²) in [5.41, 5.74) is 1.33. The van der Waals surface area contributed by atoms with E-state index >= 15 is 0 Å². The van der Waals surface area contributed by atoms with Gasteiger partial charge in [0.05, 0.1) is 0 Å². The molecule has 0 aliphatic carbocycles. The fourth-order valence-corrected chi connectivity index (χ4v) is 8.67. The molecule has 0 aromatic heterocycles. The third-order valence-electron chi connectivity index (χ3n) is 4.98. The molecule has 1 heteroatoms. The fourth-order valence-electron chi connectivity index (χ4n) is 3.66. The van der Waals surface area contributed by atoms with Crippen molar-refractivity contribution in [3.8, 4) is 0 Å². The maximum absolute atomic E-state index is 2.37. The molecule has 0 nitrogen and oxygen atoms in total. The fraction of sp³-hybridized carbons (Fsp3) is 0.217. The van der Waals surface area contributed by atoms with Gasteiger partial charge in [0.2, 0.25) is 0 Å². The van der Waals surface area contributed by atoms with Gasteiger partial charge in [-0.3, -0.25) is 0 Å². The summed E-state index contributed by atoms with van der Waals surface area (Å²) in [6.07, 6.45) is 3.77. The Hall–Kier alpha value is -1.91. The van der Waals surface area contributed by atoms with Gasteiger partial charge < -0.3 is 0 Å². The van der Waals surface area contributed by atoms with Gasteiger partial charge in [0.1, 0.15) is 0 Å². The second kappa shape index (κ2) is 7.77. The van der Waals surface area contributed by atoms with E-state index in [4.69, 9.17) is 0 Å². The topological polar surface area (TPSA) is 0 Å². The minimum atomic E-state index is -1.97. The quantitative estimate of drug-likeness (QED) is 0.567. The van der Waals surface area contributed by atoms with E-state index < -0.39 is 7.26 Å². The van der Waals surface area contributed by atoms with Gasteiger partial charge in [-0.1, -0.05) is 0 Å². The summed E-state index contributed by atoms with van der Waals surface area (Å²) in [6.45, 7) is 4.47. The molecule has 0 aliphatic heterocycles. The van der Waals surface area contributed by atoms with Crippen molar-refractivity contribution in [3.63, 3.8) is 0 Å². The number of aryl methyl sites for hydroxylation is 1. The molecular weight excluding hydrogens is 307 g/mol. The van der Waals surface area contributed by atoms with Crippen LogP contribution in [-0.2, 0) is 0 Å². The first kappa shape index (κ1) is 16.9. The van der Waals surface area contributed by atoms with Gasteiger partial charge in [0, 0.05) is 0 Å². The van der Waals surface area contributed by atoms with E-state index in [9.17, 15) is 0 Å². The predicted molar refractivity (Wildman–Crippen MR) is 111 cm³/mol. The number of hydrogen-bond acceptors (Lipinski definition) is 0. The van der Waals surface area contributed by atoms with Crippen LogP contribution in [0.15, 0.2) is 84.9 Å². The zero-order valence-electron chi connectivity index (χ0n) is 14.7. The van der Waals surface area contributed by atoms with Crippen molar-refractivity contribution >= 4 is 23.2 Å². The average Bonchev–Trinajstić information content (AvgIpc) is 2.65. The zero-order chi connectivity index (χ0) is 16.8. The van der Waals surface area contributed by atoms with Crippen LogP contribution in [0.2, 0.25) is 0 Å². The van der Waals surface area contributed by atoms with E-state index in [-0.39, 0.29) is 0 Å². The molecule has 0 bridgehead atoms. The Morgan fingerprint density at radius 3 is 1.54 bits per heavy atom. The normalized spacial score (nSPS) is 12.1. The van der Waals surface area contributed by atoms with Gasteiger partial charge in [-0.15, -0.1) is 0 Å². The third-order valence-corrected chi connectivity index (χ3v) is 10.0. The van der Waals surface area contributed by atoms with Gasteiger partial charge in [-0.2, -0.15) is 0 Å². The Kier molecular flexibility index (Phi) is 5.48. The summed E-state index contributed by atoms with van der Waals surface area (Å²) in [7, 11) is -1.97. The Balaban J connectivity index is 2.26. The Morgan fingerprint density at radius 1 is 0.625 bits per heavy atom. The first-order valence-corrected chi connectivity index (χ1v) is 11.2. The molecule has 0 spiro atoms. The second-order valence-corrected chi connectivity index (χ2v) is 10.6. The third kappa shape index (κ3) is 3.30. The number of hydrogen-bond donors (Lipinski definition) is 0. The molecule has 0 fully saturated rings. The van der Waals surface area contributed by atoms with Crippen LogP contribution < -0.4 is 15.9 Å². The molecule has 0 aliphatic rings. The van der Waals surface area contributed by atoms with Crippen LogP contribution in [0.3, 0.4) is 0 Å². The molecule has 24 heavy (non-hydrogen) atoms. The predicted octanol–water partition coefficient (Wildman–Crippen LogP) is 4.82. The molecule has 3 aromatic carbocycles. The molecule has 3 aromatic rings. The average molecular weight is 334 g/mol. The molecule has 3 rings (SSSR count). The van der Waals surface area contributed by atoms with Crippen LogP contribution in [0, 0.1) is 6.92 Å². The zero-order valence-corrected chi connectivity index (χ0v) is 15.7. The Labute approximate surface area is 146 Å². The first-order chi connectivity index (χ1) is 11.8. The maximum atomic E-state index is 2.37. The van der Waals surface area contributed by atoms with Crippen molar-refractivity contribution in [3.05, 3.63) is 90.5 Å². The first-order valence-electron chi connectivity index (χ1n) is 8.95. The summed E-state index contributed by atoms with van der Waals surface area (Å²) in [5, 5.41) is 4.57. The van der Waals surface area contributed by atoms with Gasteiger partial charge >= 0.3 is 147 Å². The van der Waals surface area contributed by atoms with Crippen molar-refractivity contribution in [2.75, 3.05) is 6.16 Å². The van der Waals surface area contributed by atoms with Gasteiger partial charge in [0.25, 0.3) is 0 Å². The van der Waals surface area contributed by atoms with Gasteiger partial charge in [-0.25, -0.2) is 0 Å². The van der Waals surface area contributed by atoms with E-state index in [0.29, 0.717) is 0 Å². The van der Waals surface area contributed by atoms with Crippen LogP contribution in [-0.4, -0.2) is 6.16 Å². The molecule has 0 heterocycles. The van der Waals surface area contributed by atoms with E-state index in [1.165, 1.54) is 40.5 Å². The SMILES string of the molecule is CCCC[PH](c1ccccc1)(c1ccccc1)c1ccc(C)cc1. The number of rotatable bonds is 6. The Bertz CT molecular complexity index is 706. The van der Waals surface area contributed by atoms with E-state index in [0.717, 1.165) is 0 Å². The molecule has 0 amide bonds. The number of unbranched alkanes of at least 4 members (excludes halogenated alkanes) is 1. The molecule has 0 N–H and O–H groups in total. The van der Waals surface area contributed by atoms with Crippen molar-refractivity contribution in [2.24, 2.45) is 0 Å². The van der Waals surface area contributed by atoms with Crippen LogP contribution in [0.25, 0.3) is 0 Å². The summed E-state index contributed by atoms with van der Waals surface area (Å²) >= 11 is 0. The van der Waals surface area contributed by atoms with Gasteiger partial charge in [-0.05, 0) is 0 Å². The molecule has 124 valence electrons. The monoisotopic (exact) mass is 334 g/mol. The van der Waals surface area contributed by atoms with Crippen LogP contribution >= 0.6 is 7.26 Å². The minimum absolute atomic E-state index is 1.24. The summed E-state index contributed by atoms with van der Waals surface area (Å²) in [5.74, 6) is 0. The second-order valence-electron chi connectivity index (χ2n) is 6.61. The van der Waals surface area contributed by atoms with Gasteiger partial charge in [0.15, 0.2) is 0 Å². The van der Waals surface area contributed by atoms with Crippen LogP contribution in [0.4, 0.5) is 0 Å². The molecule has 0 atom stereocenters. The van der Waals surface area contributed by atoms with Crippen molar-refractivity contribution in [1.82, 2.24) is 0 Å². The standard InChI is InChI=1S/C23H27P/c1-3-4-19-24(21-11-7-5-8-12-21,22-13-9-6-10-14-22)23-17-15-20(2)16-18-23/h5-18,24H,3-4,19H2,1-2H3. The summed E-state index contributed by atoms with van der Waals surface area (Å²) < 4.78 is 0. The number of benzene rings is 3. The van der Waals surface area contributed by atoms with E-state index in [1.807, 2.05) is 0 Å². The summed E-state index contributed by atoms with van der Waals surface area (Å²) in [4.78, 5) is 0. The molecular formula is C23H27P. The van der Waals surface area contributed by atoms with Crippen molar-refractivity contribution < 1.29 is 0 Å². The van der Waals surface area contributed by atoms with Crippen molar-refractivity contribution in [2.45, 2.75) is 26.7 Å². The molecule has 0 unspecified atom stereocenters. The molecule has 0 saturated carbocycles. The molecule has 0 radical (unpaired) electrons. The molecule has 0 saturated heterocycles. The van der Waals surface area contributed by atoms with Crippen LogP contribution in [0.1, 0.15) is 25.3 Å². The van der Waals surface area contributed by atoms with Crippen molar-refractivity contribution in [1.29, 1.82) is 0 Å². The Morgan fingerprint density at radius 2 is 1.08 bits per heavy atom. The van der Waals surface area contributed by atoms with E-state index in [2.05, 4.69) is 98.8 Å². The van der Waals surface area contributed by atoms with Crippen LogP contribution in [0.5, 0.6) is 0 Å².